The van der Waals surface area contributed by atoms with Gasteiger partial charge >= 0.3 is 5.97 Å². The Labute approximate surface area is 159 Å². The highest BCUT2D eigenvalue weighted by atomic mass is 32.1. The Morgan fingerprint density at radius 3 is 2.96 bits per heavy atom. The number of carbonyl (C=O) groups excluding carboxylic acids is 2. The van der Waals surface area contributed by atoms with Crippen molar-refractivity contribution < 1.29 is 23.5 Å². The highest BCUT2D eigenvalue weighted by molar-refractivity contribution is 7.21. The van der Waals surface area contributed by atoms with E-state index in [9.17, 15) is 9.59 Å². The lowest BCUT2D eigenvalue weighted by atomic mass is 10.2. The quantitative estimate of drug-likeness (QED) is 0.655. The molecule has 0 radical (unpaired) electrons. The first kappa shape index (κ1) is 17.7. The Bertz CT molecular complexity index is 925. The van der Waals surface area contributed by atoms with E-state index in [1.54, 1.807) is 6.07 Å². The van der Waals surface area contributed by atoms with Crippen LogP contribution in [-0.2, 0) is 14.3 Å². The van der Waals surface area contributed by atoms with Crippen LogP contribution in [0.3, 0.4) is 0 Å². The van der Waals surface area contributed by atoms with Crippen LogP contribution in [0.4, 0.5) is 0 Å². The number of nitrogens with one attached hydrogen (secondary N) is 1. The molecule has 1 aromatic carbocycles. The minimum Gasteiger partial charge on any atom is -0.450 e. The van der Waals surface area contributed by atoms with E-state index in [-0.39, 0.29) is 24.4 Å². The van der Waals surface area contributed by atoms with Crippen molar-refractivity contribution in [1.29, 1.82) is 0 Å². The van der Waals surface area contributed by atoms with Gasteiger partial charge in [-0.15, -0.1) is 11.3 Å². The Balaban J connectivity index is 1.32. The van der Waals surface area contributed by atoms with Crippen molar-refractivity contribution in [2.75, 3.05) is 19.8 Å². The first-order valence-corrected chi connectivity index (χ1v) is 9.52. The number of aromatic nitrogens is 1. The monoisotopic (exact) mass is 386 g/mol. The van der Waals surface area contributed by atoms with Gasteiger partial charge in [-0.1, -0.05) is 12.1 Å². The van der Waals surface area contributed by atoms with Crippen molar-refractivity contribution in [2.24, 2.45) is 0 Å². The number of thiazole rings is 1. The molecule has 1 aliphatic heterocycles. The van der Waals surface area contributed by atoms with Crippen LogP contribution >= 0.6 is 11.3 Å². The standard InChI is InChI=1S/C19H18N2O5S/c22-17(20-10-12-4-3-9-24-12)11-25-19(23)15-8-7-14(26-15)18-21-13-5-1-2-6-16(13)27-18/h1-2,5-8,12H,3-4,9-11H2,(H,20,22)/t12-/m0/s1. The summed E-state index contributed by atoms with van der Waals surface area (Å²) in [6, 6.07) is 11.0. The topological polar surface area (TPSA) is 90.7 Å². The average Bonchev–Trinajstić information content (AvgIpc) is 3.43. The molecule has 3 heterocycles. The normalized spacial score (nSPS) is 16.5. The molecule has 3 aromatic rings. The number of fused-ring (bicyclic) bond motifs is 1. The summed E-state index contributed by atoms with van der Waals surface area (Å²) >= 11 is 1.48. The van der Waals surface area contributed by atoms with E-state index in [1.165, 1.54) is 17.4 Å². The van der Waals surface area contributed by atoms with Gasteiger partial charge in [-0.2, -0.15) is 0 Å². The molecule has 4 rings (SSSR count). The number of esters is 1. The summed E-state index contributed by atoms with van der Waals surface area (Å²) in [7, 11) is 0. The largest absolute Gasteiger partial charge is 0.450 e. The number of benzene rings is 1. The van der Waals surface area contributed by atoms with Crippen molar-refractivity contribution >= 4 is 33.4 Å². The second-order valence-electron chi connectivity index (χ2n) is 6.17. The number of ether oxygens (including phenoxy) is 2. The molecule has 1 amide bonds. The van der Waals surface area contributed by atoms with Gasteiger partial charge in [-0.25, -0.2) is 9.78 Å². The maximum atomic E-state index is 12.1. The number of furan rings is 1. The van der Waals surface area contributed by atoms with Crippen molar-refractivity contribution in [3.05, 3.63) is 42.2 Å². The fraction of sp³-hybridized carbons (Fsp3) is 0.316. The van der Waals surface area contributed by atoms with Crippen molar-refractivity contribution in [3.63, 3.8) is 0 Å². The molecule has 1 atom stereocenters. The molecule has 27 heavy (non-hydrogen) atoms. The van der Waals surface area contributed by atoms with Crippen molar-refractivity contribution in [1.82, 2.24) is 10.3 Å². The summed E-state index contributed by atoms with van der Waals surface area (Å²) in [5.74, 6) is -0.520. The van der Waals surface area contributed by atoms with E-state index in [0.29, 0.717) is 17.3 Å². The van der Waals surface area contributed by atoms with Crippen LogP contribution in [0.15, 0.2) is 40.8 Å². The van der Waals surface area contributed by atoms with Gasteiger partial charge in [0.05, 0.1) is 16.3 Å². The summed E-state index contributed by atoms with van der Waals surface area (Å²) in [5.41, 5.74) is 0.876. The van der Waals surface area contributed by atoms with E-state index in [0.717, 1.165) is 29.7 Å². The van der Waals surface area contributed by atoms with Gasteiger partial charge in [0.2, 0.25) is 5.76 Å². The van der Waals surface area contributed by atoms with E-state index in [1.807, 2.05) is 24.3 Å². The summed E-state index contributed by atoms with van der Waals surface area (Å²) in [6.07, 6.45) is 1.98. The van der Waals surface area contributed by atoms with E-state index in [4.69, 9.17) is 13.9 Å². The third-order valence-corrected chi connectivity index (χ3v) is 5.25. The third kappa shape index (κ3) is 4.17. The molecule has 0 unspecified atom stereocenters. The minimum atomic E-state index is -0.686. The third-order valence-electron chi connectivity index (χ3n) is 4.20. The summed E-state index contributed by atoms with van der Waals surface area (Å²) < 4.78 is 17.0. The fourth-order valence-corrected chi connectivity index (χ4v) is 3.75. The lowest BCUT2D eigenvalue weighted by Gasteiger charge is -2.10. The zero-order valence-corrected chi connectivity index (χ0v) is 15.3. The Morgan fingerprint density at radius 1 is 1.26 bits per heavy atom. The Hall–Kier alpha value is -2.71. The SMILES string of the molecule is O=C(COC(=O)c1ccc(-c2nc3ccccc3s2)o1)NC[C@@H]1CCCO1. The molecule has 1 N–H and O–H groups in total. The predicted octanol–water partition coefficient (Wildman–Crippen LogP) is 3.01. The number of amides is 1. The molecule has 0 spiro atoms. The van der Waals surface area contributed by atoms with Crippen LogP contribution < -0.4 is 5.32 Å². The molecule has 0 aliphatic carbocycles. The molecule has 8 heteroatoms. The average molecular weight is 386 g/mol. The molecule has 1 fully saturated rings. The van der Waals surface area contributed by atoms with E-state index in [2.05, 4.69) is 10.3 Å². The highest BCUT2D eigenvalue weighted by Gasteiger charge is 2.19. The van der Waals surface area contributed by atoms with Crippen LogP contribution in [0.2, 0.25) is 0 Å². The number of carbonyl (C=O) groups is 2. The second-order valence-corrected chi connectivity index (χ2v) is 7.20. The maximum absolute atomic E-state index is 12.1. The smallest absolute Gasteiger partial charge is 0.374 e. The van der Waals surface area contributed by atoms with Crippen LogP contribution in [0.25, 0.3) is 21.0 Å². The van der Waals surface area contributed by atoms with Crippen LogP contribution in [0.1, 0.15) is 23.4 Å². The molecule has 140 valence electrons. The number of para-hydroxylation sites is 1. The predicted molar refractivity (Wildman–Crippen MR) is 99.6 cm³/mol. The maximum Gasteiger partial charge on any atom is 0.374 e. The van der Waals surface area contributed by atoms with Gasteiger partial charge in [0.15, 0.2) is 17.4 Å². The minimum absolute atomic E-state index is 0.0381. The molecule has 0 bridgehead atoms. The van der Waals surface area contributed by atoms with Gasteiger partial charge in [-0.05, 0) is 37.1 Å². The zero-order valence-electron chi connectivity index (χ0n) is 14.5. The van der Waals surface area contributed by atoms with Crippen molar-refractivity contribution in [2.45, 2.75) is 18.9 Å². The zero-order chi connectivity index (χ0) is 18.6. The number of nitrogens with zero attached hydrogens (tertiary/aromatic N) is 1. The lowest BCUT2D eigenvalue weighted by Crippen LogP contribution is -2.34. The molecule has 7 nitrogen and oxygen atoms in total. The number of hydrogen-bond acceptors (Lipinski definition) is 7. The highest BCUT2D eigenvalue weighted by Crippen LogP contribution is 2.31. The molecule has 1 saturated heterocycles. The van der Waals surface area contributed by atoms with Gasteiger partial charge in [0.1, 0.15) is 0 Å². The van der Waals surface area contributed by atoms with Gasteiger partial charge in [0.25, 0.3) is 5.91 Å². The van der Waals surface area contributed by atoms with Gasteiger partial charge < -0.3 is 19.2 Å². The molecular weight excluding hydrogens is 368 g/mol. The Kier molecular flexibility index (Phi) is 5.17. The van der Waals surface area contributed by atoms with E-state index < -0.39 is 5.97 Å². The summed E-state index contributed by atoms with van der Waals surface area (Å²) in [4.78, 5) is 28.4. The summed E-state index contributed by atoms with van der Waals surface area (Å²) in [6.45, 7) is 0.798. The van der Waals surface area contributed by atoms with Gasteiger partial charge in [0, 0.05) is 13.2 Å². The van der Waals surface area contributed by atoms with Crippen LogP contribution in [-0.4, -0.2) is 42.7 Å². The van der Waals surface area contributed by atoms with Gasteiger partial charge in [-0.3, -0.25) is 4.79 Å². The number of rotatable bonds is 6. The first-order chi connectivity index (χ1) is 13.2. The first-order valence-electron chi connectivity index (χ1n) is 8.70. The van der Waals surface area contributed by atoms with Crippen LogP contribution in [0, 0.1) is 0 Å². The Morgan fingerprint density at radius 2 is 2.15 bits per heavy atom. The van der Waals surface area contributed by atoms with Crippen LogP contribution in [0.5, 0.6) is 0 Å². The summed E-state index contributed by atoms with van der Waals surface area (Å²) in [5, 5.41) is 3.38. The fourth-order valence-electron chi connectivity index (χ4n) is 2.83. The van der Waals surface area contributed by atoms with Crippen molar-refractivity contribution in [3.8, 4) is 10.8 Å². The van der Waals surface area contributed by atoms with E-state index >= 15 is 0 Å². The molecule has 2 aromatic heterocycles. The molecular formula is C19H18N2O5S. The second kappa shape index (κ2) is 7.89. The number of hydrogen-bond donors (Lipinski definition) is 1. The lowest BCUT2D eigenvalue weighted by molar-refractivity contribution is -0.124. The molecule has 1 aliphatic rings. The molecule has 0 saturated carbocycles.